The van der Waals surface area contributed by atoms with Crippen LogP contribution in [0.25, 0.3) is 0 Å². The number of ether oxygens (including phenoxy) is 8. The molecule has 15 heteroatoms. The smallest absolute Gasteiger partial charge is 0.332 e. The number of hydrogen-bond donors (Lipinski definition) is 2. The van der Waals surface area contributed by atoms with E-state index in [4.69, 9.17) is 37.9 Å². The first kappa shape index (κ1) is 58.1. The Kier molecular flexibility index (Phi) is 20.8. The van der Waals surface area contributed by atoms with Gasteiger partial charge in [-0.2, -0.15) is 0 Å². The van der Waals surface area contributed by atoms with Gasteiger partial charge in [0.15, 0.2) is 13.6 Å². The highest BCUT2D eigenvalue weighted by molar-refractivity contribution is 6.01. The molecule has 2 amide bonds. The van der Waals surface area contributed by atoms with Crippen molar-refractivity contribution in [3.05, 3.63) is 92.1 Å². The fourth-order valence-corrected chi connectivity index (χ4v) is 10.4. The molecule has 4 aliphatic heterocycles. The Bertz CT molecular complexity index is 2430. The summed E-state index contributed by atoms with van der Waals surface area (Å²) in [5, 5.41) is 23.3. The lowest BCUT2D eigenvalue weighted by Gasteiger charge is -2.41. The summed E-state index contributed by atoms with van der Waals surface area (Å²) in [4.78, 5) is 45.1. The Morgan fingerprint density at radius 3 is 1.72 bits per heavy atom. The van der Waals surface area contributed by atoms with Gasteiger partial charge in [0.05, 0.1) is 55.7 Å². The summed E-state index contributed by atoms with van der Waals surface area (Å²) in [6, 6.07) is 2.94. The third-order valence-corrected chi connectivity index (χ3v) is 14.8. The van der Waals surface area contributed by atoms with Gasteiger partial charge in [0.25, 0.3) is 11.8 Å². The molecule has 408 valence electrons. The number of hydrogen-bond acceptors (Lipinski definition) is 13. The first-order chi connectivity index (χ1) is 35.3. The van der Waals surface area contributed by atoms with Crippen LogP contribution in [0.5, 0.6) is 23.0 Å². The Hall–Kier alpha value is -5.19. The quantitative estimate of drug-likeness (QED) is 0.0469. The lowest BCUT2D eigenvalue weighted by atomic mass is 9.84. The Balaban J connectivity index is 1.21. The highest BCUT2D eigenvalue weighted by Crippen LogP contribution is 2.49. The number of rotatable bonds is 28. The molecular weight excluding hydrogens is 945 g/mol. The van der Waals surface area contributed by atoms with Crippen molar-refractivity contribution in [2.75, 3.05) is 54.2 Å². The zero-order chi connectivity index (χ0) is 53.7. The van der Waals surface area contributed by atoms with Crippen LogP contribution in [0.2, 0.25) is 0 Å². The second kappa shape index (κ2) is 26.5. The Morgan fingerprint density at radius 1 is 0.730 bits per heavy atom. The number of carbonyl (C=O) groups excluding carboxylic acids is 3. The molecule has 0 fully saturated rings. The van der Waals surface area contributed by atoms with Crippen molar-refractivity contribution >= 4 is 17.8 Å². The van der Waals surface area contributed by atoms with Gasteiger partial charge in [-0.05, 0) is 139 Å². The van der Waals surface area contributed by atoms with Gasteiger partial charge in [-0.1, -0.05) is 46.6 Å². The molecule has 5 atom stereocenters. The normalized spacial score (nSPS) is 21.5. The van der Waals surface area contributed by atoms with Crippen LogP contribution >= 0.6 is 0 Å². The fraction of sp³-hybridized carbons (Fsp3) is 0.610. The van der Waals surface area contributed by atoms with Gasteiger partial charge in [0.1, 0.15) is 40.8 Å². The van der Waals surface area contributed by atoms with Gasteiger partial charge < -0.3 is 57.9 Å². The topological polar surface area (TPSA) is 172 Å². The molecule has 4 heterocycles. The predicted octanol–water partition coefficient (Wildman–Crippen LogP) is 10.0. The number of benzene rings is 2. The van der Waals surface area contributed by atoms with Gasteiger partial charge in [0, 0.05) is 55.9 Å². The predicted molar refractivity (Wildman–Crippen MR) is 284 cm³/mol. The van der Waals surface area contributed by atoms with Gasteiger partial charge in [-0.25, -0.2) is 4.79 Å². The number of amides is 2. The lowest BCUT2D eigenvalue weighted by molar-refractivity contribution is -0.149. The highest BCUT2D eigenvalue weighted by atomic mass is 16.7. The van der Waals surface area contributed by atoms with Crippen LogP contribution in [0, 0.1) is 0 Å². The molecule has 74 heavy (non-hydrogen) atoms. The molecule has 2 aromatic carbocycles. The molecule has 0 saturated carbocycles. The van der Waals surface area contributed by atoms with Crippen molar-refractivity contribution in [3.63, 3.8) is 0 Å². The molecule has 4 aliphatic rings. The van der Waals surface area contributed by atoms with E-state index in [1.807, 2.05) is 13.8 Å². The number of allylic oxidation sites excluding steroid dienone is 8. The average molecular weight is 1030 g/mol. The van der Waals surface area contributed by atoms with Crippen LogP contribution in [0.1, 0.15) is 169 Å². The van der Waals surface area contributed by atoms with Crippen molar-refractivity contribution < 1.29 is 62.5 Å². The van der Waals surface area contributed by atoms with E-state index < -0.39 is 35.4 Å². The van der Waals surface area contributed by atoms with Crippen molar-refractivity contribution in [3.8, 4) is 23.0 Å². The number of methoxy groups -OCH3 is 2. The Morgan fingerprint density at radius 2 is 1.23 bits per heavy atom. The number of aliphatic hydroxyl groups excluding tert-OH is 2. The van der Waals surface area contributed by atoms with Crippen molar-refractivity contribution in [1.82, 2.24) is 9.80 Å². The minimum atomic E-state index is -0.948. The largest absolute Gasteiger partial charge is 0.484 e. The molecule has 15 nitrogen and oxygen atoms in total. The SMILES string of the molecule is CCOC(=O)COC[C@H](CCCN1Cc2c(cc(OCOC)c3c2O[C@](C)(CC/C=C(\C)CCC=C(C)C)[C@@H](O)C3)C1=O)N1Cc2c(cc(OCOC)c3c2O[C@](C)(CC/C=C(\C)CCC=C(C)C)[C@@H](O)C3)C1=O. The third-order valence-electron chi connectivity index (χ3n) is 14.8. The van der Waals surface area contributed by atoms with Crippen LogP contribution in [-0.2, 0) is 49.7 Å². The van der Waals surface area contributed by atoms with Crippen LogP contribution in [-0.4, -0.2) is 121 Å². The molecular formula is C59H84N2O13. The molecule has 0 spiro atoms. The molecule has 0 unspecified atom stereocenters. The van der Waals surface area contributed by atoms with E-state index in [0.717, 1.165) is 37.7 Å². The van der Waals surface area contributed by atoms with Crippen molar-refractivity contribution in [1.29, 1.82) is 0 Å². The maximum absolute atomic E-state index is 14.7. The number of nitrogens with zero attached hydrogens (tertiary/aromatic N) is 2. The zero-order valence-electron chi connectivity index (χ0n) is 46.1. The summed E-state index contributed by atoms with van der Waals surface area (Å²) >= 11 is 0. The summed E-state index contributed by atoms with van der Waals surface area (Å²) in [5.41, 5.74) is 7.01. The van der Waals surface area contributed by atoms with E-state index >= 15 is 0 Å². The van der Waals surface area contributed by atoms with Crippen molar-refractivity contribution in [2.45, 2.75) is 182 Å². The third kappa shape index (κ3) is 14.4. The molecule has 2 N–H and O–H groups in total. The second-order valence-corrected chi connectivity index (χ2v) is 21.4. The first-order valence-corrected chi connectivity index (χ1v) is 26.6. The second-order valence-electron chi connectivity index (χ2n) is 21.4. The van der Waals surface area contributed by atoms with Gasteiger partial charge >= 0.3 is 5.97 Å². The average Bonchev–Trinajstić information content (AvgIpc) is 3.84. The van der Waals surface area contributed by atoms with Gasteiger partial charge in [-0.15, -0.1) is 0 Å². The number of carbonyl (C=O) groups is 3. The van der Waals surface area contributed by atoms with E-state index in [1.54, 1.807) is 28.9 Å². The number of esters is 1. The summed E-state index contributed by atoms with van der Waals surface area (Å²) < 4.78 is 47.4. The monoisotopic (exact) mass is 1030 g/mol. The van der Waals surface area contributed by atoms with E-state index in [-0.39, 0.29) is 64.6 Å². The molecule has 0 bridgehead atoms. The van der Waals surface area contributed by atoms with Crippen molar-refractivity contribution in [2.24, 2.45) is 0 Å². The van der Waals surface area contributed by atoms with Gasteiger partial charge in [0.2, 0.25) is 0 Å². The van der Waals surface area contributed by atoms with Crippen LogP contribution in [0.4, 0.5) is 0 Å². The summed E-state index contributed by atoms with van der Waals surface area (Å²) in [6.45, 7) is 18.9. The molecule has 6 rings (SSSR count). The molecule has 0 saturated heterocycles. The van der Waals surface area contributed by atoms with Crippen LogP contribution in [0.15, 0.2) is 58.7 Å². The van der Waals surface area contributed by atoms with E-state index in [1.165, 1.54) is 36.5 Å². The van der Waals surface area contributed by atoms with Crippen LogP contribution in [0.3, 0.4) is 0 Å². The molecule has 0 radical (unpaired) electrons. The maximum Gasteiger partial charge on any atom is 0.332 e. The maximum atomic E-state index is 14.7. The lowest BCUT2D eigenvalue weighted by Crippen LogP contribution is -2.49. The first-order valence-electron chi connectivity index (χ1n) is 26.6. The minimum Gasteiger partial charge on any atom is -0.484 e. The standard InChI is InChI=1S/C59H84N2O13/c1-12-70-53(64)35-69-34-42(61-33-48-44(57(61)66)29-50(72-37-68-11)46-31-52(63)59(9,74-55(46)48)26-16-23-41(7)21-14-19-39(4)5)24-17-27-60-32-47-43(56(60)65)28-49(71-36-67-10)45-30-51(62)58(8,73-54(45)47)25-15-22-40(6)20-13-18-38(2)3/h18-19,22-23,28-29,42,51-52,62-63H,12-17,20-21,24-27,30-37H2,1-11H3/b40-22+,41-23+/t42-,51-,52-,58+,59+/m0/s1. The highest BCUT2D eigenvalue weighted by Gasteiger charge is 2.47. The minimum absolute atomic E-state index is 0.0329. The molecule has 2 aromatic rings. The number of aliphatic hydroxyl groups is 2. The molecule has 0 aromatic heterocycles. The summed E-state index contributed by atoms with van der Waals surface area (Å²) in [6.07, 6.45) is 15.2. The summed E-state index contributed by atoms with van der Waals surface area (Å²) in [7, 11) is 3.05. The van der Waals surface area contributed by atoms with E-state index in [9.17, 15) is 24.6 Å². The zero-order valence-corrected chi connectivity index (χ0v) is 46.1. The fourth-order valence-electron chi connectivity index (χ4n) is 10.4. The van der Waals surface area contributed by atoms with Crippen LogP contribution < -0.4 is 18.9 Å². The molecule has 0 aliphatic carbocycles. The summed E-state index contributed by atoms with van der Waals surface area (Å²) in [5.74, 6) is 0.997. The number of fused-ring (bicyclic) bond motifs is 6. The Labute approximate surface area is 439 Å². The van der Waals surface area contributed by atoms with E-state index in [0.29, 0.717) is 96.0 Å². The van der Waals surface area contributed by atoms with E-state index in [2.05, 4.69) is 65.8 Å². The van der Waals surface area contributed by atoms with Gasteiger partial charge in [-0.3, -0.25) is 9.59 Å².